The Morgan fingerprint density at radius 3 is 2.57 bits per heavy atom. The quantitative estimate of drug-likeness (QED) is 0.585. The molecule has 0 spiro atoms. The number of hydrogen-bond acceptors (Lipinski definition) is 5. The van der Waals surface area contributed by atoms with E-state index in [1.807, 2.05) is 35.2 Å². The monoisotopic (exact) mass is 383 g/mol. The van der Waals surface area contributed by atoms with Crippen LogP contribution in [-0.2, 0) is 4.74 Å². The first-order valence-electron chi connectivity index (χ1n) is 9.54. The minimum Gasteiger partial charge on any atom is -0.378 e. The topological polar surface area (TPSA) is 84.7 Å². The Hall–Kier alpha value is -2.93. The molecule has 0 aliphatic carbocycles. The van der Waals surface area contributed by atoms with E-state index >= 15 is 0 Å². The van der Waals surface area contributed by atoms with Gasteiger partial charge in [0, 0.05) is 37.2 Å². The van der Waals surface area contributed by atoms with Gasteiger partial charge >= 0.3 is 0 Å². The second-order valence-corrected chi connectivity index (χ2v) is 6.79. The summed E-state index contributed by atoms with van der Waals surface area (Å²) in [5.74, 6) is -0.0984. The fourth-order valence-corrected chi connectivity index (χ4v) is 3.42. The molecule has 2 aromatic rings. The van der Waals surface area contributed by atoms with Crippen molar-refractivity contribution in [3.05, 3.63) is 69.8 Å². The summed E-state index contributed by atoms with van der Waals surface area (Å²) in [5, 5.41) is 14.5. The zero-order chi connectivity index (χ0) is 19.9. The smallest absolute Gasteiger partial charge is 0.293 e. The lowest BCUT2D eigenvalue weighted by Crippen LogP contribution is -2.36. The first kappa shape index (κ1) is 19.8. The number of rotatable bonds is 7. The molecule has 1 fully saturated rings. The Kier molecular flexibility index (Phi) is 6.60. The summed E-state index contributed by atoms with van der Waals surface area (Å²) in [4.78, 5) is 25.6. The number of amides is 1. The third-order valence-corrected chi connectivity index (χ3v) is 5.06. The van der Waals surface area contributed by atoms with E-state index in [4.69, 9.17) is 4.74 Å². The van der Waals surface area contributed by atoms with E-state index in [-0.39, 0.29) is 17.5 Å². The molecule has 1 N–H and O–H groups in total. The van der Waals surface area contributed by atoms with Crippen molar-refractivity contribution in [2.24, 2.45) is 0 Å². The number of anilines is 1. The van der Waals surface area contributed by atoms with E-state index in [0.717, 1.165) is 6.42 Å². The number of nitrogens with zero attached hydrogens (tertiary/aromatic N) is 2. The van der Waals surface area contributed by atoms with Gasteiger partial charge in [-0.2, -0.15) is 0 Å². The van der Waals surface area contributed by atoms with E-state index in [0.29, 0.717) is 44.1 Å². The van der Waals surface area contributed by atoms with Gasteiger partial charge in [0.05, 0.1) is 18.1 Å². The summed E-state index contributed by atoms with van der Waals surface area (Å²) in [6.07, 6.45) is 0.889. The van der Waals surface area contributed by atoms with Gasteiger partial charge < -0.3 is 15.0 Å². The maximum atomic E-state index is 12.6. The molecule has 28 heavy (non-hydrogen) atoms. The number of carbonyl (C=O) groups excluding carboxylic acids is 1. The van der Waals surface area contributed by atoms with Gasteiger partial charge in [-0.05, 0) is 24.1 Å². The molecule has 2 aromatic carbocycles. The predicted octanol–water partition coefficient (Wildman–Crippen LogP) is 3.36. The summed E-state index contributed by atoms with van der Waals surface area (Å²) >= 11 is 0. The molecule has 0 radical (unpaired) electrons. The molecule has 1 heterocycles. The number of carbonyl (C=O) groups is 1. The van der Waals surface area contributed by atoms with Crippen molar-refractivity contribution in [3.8, 4) is 0 Å². The van der Waals surface area contributed by atoms with Crippen LogP contribution in [0, 0.1) is 10.1 Å². The molecule has 1 unspecified atom stereocenters. The molecule has 0 saturated carbocycles. The normalized spacial score (nSPS) is 15.1. The molecule has 7 nitrogen and oxygen atoms in total. The molecule has 148 valence electrons. The van der Waals surface area contributed by atoms with Gasteiger partial charge in [0.25, 0.3) is 11.6 Å². The number of benzene rings is 2. The summed E-state index contributed by atoms with van der Waals surface area (Å²) in [6, 6.07) is 14.7. The maximum absolute atomic E-state index is 12.6. The van der Waals surface area contributed by atoms with E-state index in [9.17, 15) is 14.9 Å². The molecule has 1 aliphatic rings. The summed E-state index contributed by atoms with van der Waals surface area (Å²) in [7, 11) is 0. The van der Waals surface area contributed by atoms with E-state index in [1.54, 1.807) is 12.1 Å². The fourth-order valence-electron chi connectivity index (χ4n) is 3.42. The van der Waals surface area contributed by atoms with Crippen LogP contribution in [-0.4, -0.2) is 43.7 Å². The average molecular weight is 383 g/mol. The number of nitro groups is 1. The van der Waals surface area contributed by atoms with Crippen LogP contribution in [0.15, 0.2) is 48.5 Å². The highest BCUT2D eigenvalue weighted by Gasteiger charge is 2.23. The van der Waals surface area contributed by atoms with Crippen LogP contribution in [0.1, 0.15) is 35.2 Å². The highest BCUT2D eigenvalue weighted by Crippen LogP contribution is 2.30. The van der Waals surface area contributed by atoms with Crippen LogP contribution < -0.4 is 10.2 Å². The molecule has 1 aliphatic heterocycles. The third-order valence-electron chi connectivity index (χ3n) is 5.06. The van der Waals surface area contributed by atoms with Crippen LogP contribution in [0.4, 0.5) is 11.4 Å². The van der Waals surface area contributed by atoms with Crippen molar-refractivity contribution in [2.45, 2.75) is 19.3 Å². The lowest BCUT2D eigenvalue weighted by atomic mass is 9.96. The maximum Gasteiger partial charge on any atom is 0.293 e. The van der Waals surface area contributed by atoms with Gasteiger partial charge in [0.2, 0.25) is 0 Å². The molecule has 1 atom stereocenters. The second kappa shape index (κ2) is 9.32. The summed E-state index contributed by atoms with van der Waals surface area (Å²) in [5.41, 5.74) is 1.94. The van der Waals surface area contributed by atoms with Crippen molar-refractivity contribution in [1.82, 2.24) is 5.32 Å². The fraction of sp³-hybridized carbons (Fsp3) is 0.381. The van der Waals surface area contributed by atoms with E-state index < -0.39 is 4.92 Å². The first-order chi connectivity index (χ1) is 13.6. The van der Waals surface area contributed by atoms with Crippen LogP contribution in [0.2, 0.25) is 0 Å². The molecule has 0 bridgehead atoms. The molecule has 1 amide bonds. The average Bonchev–Trinajstić information content (AvgIpc) is 2.75. The van der Waals surface area contributed by atoms with Gasteiger partial charge in [-0.1, -0.05) is 37.3 Å². The van der Waals surface area contributed by atoms with Crippen LogP contribution in [0.3, 0.4) is 0 Å². The van der Waals surface area contributed by atoms with Gasteiger partial charge in [-0.25, -0.2) is 0 Å². The second-order valence-electron chi connectivity index (χ2n) is 6.79. The lowest BCUT2D eigenvalue weighted by molar-refractivity contribution is -0.384. The van der Waals surface area contributed by atoms with Crippen molar-refractivity contribution in [1.29, 1.82) is 0 Å². The Morgan fingerprint density at radius 1 is 1.21 bits per heavy atom. The van der Waals surface area contributed by atoms with Gasteiger partial charge in [-0.3, -0.25) is 14.9 Å². The molecular formula is C21H25N3O4. The van der Waals surface area contributed by atoms with Crippen LogP contribution in [0.25, 0.3) is 0 Å². The Labute approximate surface area is 164 Å². The van der Waals surface area contributed by atoms with Crippen LogP contribution >= 0.6 is 0 Å². The van der Waals surface area contributed by atoms with Gasteiger partial charge in [0.1, 0.15) is 5.69 Å². The van der Waals surface area contributed by atoms with Crippen molar-refractivity contribution in [3.63, 3.8) is 0 Å². The number of hydrogen-bond donors (Lipinski definition) is 1. The highest BCUT2D eigenvalue weighted by molar-refractivity contribution is 5.95. The lowest BCUT2D eigenvalue weighted by Gasteiger charge is -2.28. The molecule has 3 rings (SSSR count). The largest absolute Gasteiger partial charge is 0.378 e. The minimum absolute atomic E-state index is 0.0512. The number of morpholine rings is 1. The first-order valence-corrected chi connectivity index (χ1v) is 9.54. The SMILES string of the molecule is CCC(CNC(=O)c1ccc(N2CCOCC2)c([N+](=O)[O-])c1)c1ccccc1. The Bertz CT molecular complexity index is 820. The summed E-state index contributed by atoms with van der Waals surface area (Å²) in [6.45, 7) is 4.84. The van der Waals surface area contributed by atoms with Gasteiger partial charge in [0.15, 0.2) is 0 Å². The van der Waals surface area contributed by atoms with Crippen molar-refractivity contribution in [2.75, 3.05) is 37.7 Å². The third kappa shape index (κ3) is 4.67. The molecule has 7 heteroatoms. The zero-order valence-electron chi connectivity index (χ0n) is 16.0. The van der Waals surface area contributed by atoms with E-state index in [2.05, 4.69) is 12.2 Å². The molecular weight excluding hydrogens is 358 g/mol. The van der Waals surface area contributed by atoms with Crippen molar-refractivity contribution >= 4 is 17.3 Å². The zero-order valence-corrected chi connectivity index (χ0v) is 16.0. The minimum atomic E-state index is -0.430. The Morgan fingerprint density at radius 2 is 1.93 bits per heavy atom. The summed E-state index contributed by atoms with van der Waals surface area (Å²) < 4.78 is 5.31. The number of nitrogens with one attached hydrogen (secondary N) is 1. The van der Waals surface area contributed by atoms with Gasteiger partial charge in [-0.15, -0.1) is 0 Å². The van der Waals surface area contributed by atoms with Crippen molar-refractivity contribution < 1.29 is 14.5 Å². The predicted molar refractivity (Wildman–Crippen MR) is 108 cm³/mol. The van der Waals surface area contributed by atoms with Crippen LogP contribution in [0.5, 0.6) is 0 Å². The molecule has 1 saturated heterocycles. The standard InChI is InChI=1S/C21H25N3O4/c1-2-16(17-6-4-3-5-7-17)15-22-21(25)18-8-9-19(20(14-18)24(26)27)23-10-12-28-13-11-23/h3-9,14,16H,2,10-13,15H2,1H3,(H,22,25). The Balaban J connectivity index is 1.72. The highest BCUT2D eigenvalue weighted by atomic mass is 16.6. The number of nitro benzene ring substituents is 1. The number of ether oxygens (including phenoxy) is 1. The van der Waals surface area contributed by atoms with E-state index in [1.165, 1.54) is 11.6 Å². The molecule has 0 aromatic heterocycles.